The lowest BCUT2D eigenvalue weighted by molar-refractivity contribution is -0.0328. The van der Waals surface area contributed by atoms with Gasteiger partial charge in [-0.25, -0.2) is 0 Å². The average Bonchev–Trinajstić information content (AvgIpc) is 2.80. The van der Waals surface area contributed by atoms with Gasteiger partial charge in [-0.2, -0.15) is 26.3 Å². The van der Waals surface area contributed by atoms with Gasteiger partial charge in [0, 0.05) is 22.4 Å². The molecule has 0 unspecified atom stereocenters. The zero-order chi connectivity index (χ0) is 23.2. The van der Waals surface area contributed by atoms with Gasteiger partial charge < -0.3 is 14.1 Å². The molecular weight excluding hydrogens is 463 g/mol. The third-order valence-electron chi connectivity index (χ3n) is 5.14. The topological polar surface area (TPSA) is 21.7 Å². The lowest BCUT2D eigenvalue weighted by Gasteiger charge is -2.33. The smallest absolute Gasteiger partial charge is 0.384 e. The number of nitrogens with zero attached hydrogens (tertiary/aromatic N) is 1. The highest BCUT2D eigenvalue weighted by Gasteiger charge is 2.55. The minimum atomic E-state index is -4.68. The highest BCUT2D eigenvalue weighted by Crippen LogP contribution is 2.51. The minimum absolute atomic E-state index is 0.105. The molecule has 2 heterocycles. The molecule has 0 aromatic heterocycles. The Bertz CT molecular complexity index is 868. The van der Waals surface area contributed by atoms with Crippen LogP contribution in [0.5, 0.6) is 0 Å². The molecule has 12 heteroatoms. The van der Waals surface area contributed by atoms with Crippen LogP contribution in [-0.4, -0.2) is 34.3 Å². The van der Waals surface area contributed by atoms with Crippen molar-refractivity contribution in [3.63, 3.8) is 0 Å². The molecular formula is C19H20BF6NO2S2. The number of benzene rings is 1. The molecule has 1 saturated heterocycles. The molecule has 0 saturated carbocycles. The molecule has 170 valence electrons. The van der Waals surface area contributed by atoms with E-state index in [-0.39, 0.29) is 15.5 Å². The normalized spacial score (nSPS) is 21.5. The maximum absolute atomic E-state index is 13.3. The van der Waals surface area contributed by atoms with Gasteiger partial charge in [0.1, 0.15) is 0 Å². The monoisotopic (exact) mass is 483 g/mol. The Kier molecular flexibility index (Phi) is 6.52. The third kappa shape index (κ3) is 5.77. The molecule has 2 aliphatic rings. The summed E-state index contributed by atoms with van der Waals surface area (Å²) in [7, 11) is -1.20. The number of allylic oxidation sites excluding steroid dienone is 2. The quantitative estimate of drug-likeness (QED) is 0.339. The van der Waals surface area contributed by atoms with Crippen LogP contribution >= 0.6 is 23.5 Å². The molecule has 3 rings (SSSR count). The van der Waals surface area contributed by atoms with E-state index in [2.05, 4.69) is 0 Å². The molecule has 0 spiro atoms. The zero-order valence-corrected chi connectivity index (χ0v) is 18.7. The third-order valence-corrected chi connectivity index (χ3v) is 6.70. The Morgan fingerprint density at radius 2 is 1.39 bits per heavy atom. The van der Waals surface area contributed by atoms with Crippen molar-refractivity contribution < 1.29 is 35.7 Å². The second-order valence-corrected chi connectivity index (χ2v) is 10.3. The van der Waals surface area contributed by atoms with Crippen LogP contribution < -0.4 is 0 Å². The van der Waals surface area contributed by atoms with Crippen molar-refractivity contribution in [3.8, 4) is 0 Å². The van der Waals surface area contributed by atoms with Crippen molar-refractivity contribution >= 4 is 36.5 Å². The summed E-state index contributed by atoms with van der Waals surface area (Å²) in [4.78, 5) is 0.689. The summed E-state index contributed by atoms with van der Waals surface area (Å²) in [5.41, 5.74) is -10.5. The first-order valence-electron chi connectivity index (χ1n) is 9.23. The molecule has 3 nitrogen and oxygen atoms in total. The molecule has 0 atom stereocenters. The molecule has 0 aliphatic carbocycles. The van der Waals surface area contributed by atoms with E-state index in [4.69, 9.17) is 9.31 Å². The van der Waals surface area contributed by atoms with Gasteiger partial charge in [0.15, 0.2) is 0 Å². The predicted molar refractivity (Wildman–Crippen MR) is 111 cm³/mol. The van der Waals surface area contributed by atoms with E-state index >= 15 is 0 Å². The molecule has 0 amide bonds. The fourth-order valence-corrected chi connectivity index (χ4v) is 4.68. The first kappa shape index (κ1) is 24.4. The van der Waals surface area contributed by atoms with Gasteiger partial charge >= 0.3 is 18.3 Å². The summed E-state index contributed by atoms with van der Waals surface area (Å²) in [6.45, 7) is 7.01. The van der Waals surface area contributed by atoms with E-state index in [0.717, 1.165) is 0 Å². The van der Waals surface area contributed by atoms with Crippen molar-refractivity contribution in [2.75, 3.05) is 0 Å². The van der Waals surface area contributed by atoms with Gasteiger partial charge in [-0.3, -0.25) is 0 Å². The van der Waals surface area contributed by atoms with E-state index in [1.807, 2.05) is 0 Å². The maximum atomic E-state index is 13.3. The predicted octanol–water partition coefficient (Wildman–Crippen LogP) is 7.00. The van der Waals surface area contributed by atoms with Crippen LogP contribution in [0.3, 0.4) is 0 Å². The maximum Gasteiger partial charge on any atom is 0.598 e. The summed E-state index contributed by atoms with van der Waals surface area (Å²) >= 11 is -0.861. The number of alkyl halides is 6. The lowest BCUT2D eigenvalue weighted by Crippen LogP contribution is -2.41. The van der Waals surface area contributed by atoms with Gasteiger partial charge in [0.25, 0.3) is 0 Å². The van der Waals surface area contributed by atoms with Gasteiger partial charge in [-0.15, -0.1) is 0 Å². The van der Waals surface area contributed by atoms with Gasteiger partial charge in [-0.1, -0.05) is 30.3 Å². The molecule has 1 aromatic carbocycles. The van der Waals surface area contributed by atoms with Crippen LogP contribution in [0.2, 0.25) is 0 Å². The zero-order valence-electron chi connectivity index (χ0n) is 17.1. The van der Waals surface area contributed by atoms with E-state index in [9.17, 15) is 26.3 Å². The Hall–Kier alpha value is -1.24. The Morgan fingerprint density at radius 3 is 1.87 bits per heavy atom. The minimum Gasteiger partial charge on any atom is -0.384 e. The summed E-state index contributed by atoms with van der Waals surface area (Å²) in [5, 5.41) is 0. The average molecular weight is 483 g/mol. The Labute approximate surface area is 185 Å². The van der Waals surface area contributed by atoms with Crippen LogP contribution in [-0.2, 0) is 9.31 Å². The first-order valence-corrected chi connectivity index (χ1v) is 10.9. The number of rotatable bonds is 4. The van der Waals surface area contributed by atoms with E-state index in [0.29, 0.717) is 5.56 Å². The van der Waals surface area contributed by atoms with Crippen molar-refractivity contribution in [1.29, 1.82) is 0 Å². The Balaban J connectivity index is 2.13. The lowest BCUT2D eigenvalue weighted by atomic mass is 9.90. The van der Waals surface area contributed by atoms with Crippen molar-refractivity contribution in [2.45, 2.75) is 56.3 Å². The molecule has 31 heavy (non-hydrogen) atoms. The SMILES string of the molecule is CC1(C)OB(N2C=C(SC(F)(F)F)CC(SC(F)(F)F)=C2c2ccccc2)OC1(C)C. The van der Waals surface area contributed by atoms with Gasteiger partial charge in [0.2, 0.25) is 0 Å². The fourth-order valence-electron chi connectivity index (χ4n) is 3.08. The van der Waals surface area contributed by atoms with Crippen LogP contribution in [0.25, 0.3) is 5.70 Å². The van der Waals surface area contributed by atoms with E-state index in [1.165, 1.54) is 11.0 Å². The van der Waals surface area contributed by atoms with Crippen LogP contribution in [0, 0.1) is 0 Å². The standard InChI is InChI=1S/C19H20BF6NO2S2/c1-16(2)17(3,4)29-20(28-16)27-11-13(30-18(21,22)23)10-14(31-19(24,25)26)15(27)12-8-6-5-7-9-12/h5-9,11H,10H2,1-4H3. The number of hydrogen-bond donors (Lipinski definition) is 0. The summed E-state index contributed by atoms with van der Waals surface area (Å²) in [6.07, 6.45) is 0.664. The molecule has 0 bridgehead atoms. The van der Waals surface area contributed by atoms with Crippen molar-refractivity contribution in [3.05, 3.63) is 51.9 Å². The van der Waals surface area contributed by atoms with Crippen LogP contribution in [0.15, 0.2) is 46.3 Å². The summed E-state index contributed by atoms with van der Waals surface area (Å²) in [5.74, 6) is 0. The largest absolute Gasteiger partial charge is 0.598 e. The second-order valence-electron chi connectivity index (χ2n) is 7.98. The Morgan fingerprint density at radius 1 is 0.871 bits per heavy atom. The van der Waals surface area contributed by atoms with Crippen LogP contribution in [0.4, 0.5) is 26.3 Å². The van der Waals surface area contributed by atoms with Crippen LogP contribution in [0.1, 0.15) is 39.7 Å². The van der Waals surface area contributed by atoms with Gasteiger partial charge in [0.05, 0.1) is 16.9 Å². The molecule has 0 N–H and O–H groups in total. The number of halogens is 6. The summed E-state index contributed by atoms with van der Waals surface area (Å²) < 4.78 is 91.2. The second kappa shape index (κ2) is 8.28. The highest BCUT2D eigenvalue weighted by atomic mass is 32.2. The van der Waals surface area contributed by atoms with E-state index < -0.39 is 59.4 Å². The first-order chi connectivity index (χ1) is 14.1. The van der Waals surface area contributed by atoms with Crippen molar-refractivity contribution in [2.24, 2.45) is 0 Å². The van der Waals surface area contributed by atoms with Gasteiger partial charge in [-0.05, 0) is 56.8 Å². The van der Waals surface area contributed by atoms with Crippen molar-refractivity contribution in [1.82, 2.24) is 4.81 Å². The highest BCUT2D eigenvalue weighted by molar-refractivity contribution is 8.05. The number of hydrogen-bond acceptors (Lipinski definition) is 5. The molecule has 0 radical (unpaired) electrons. The molecule has 1 aromatic rings. The molecule has 2 aliphatic heterocycles. The summed E-state index contributed by atoms with van der Waals surface area (Å²) in [6, 6.07) is 8.18. The fraction of sp³-hybridized carbons (Fsp3) is 0.474. The number of thioether (sulfide) groups is 2. The molecule has 1 fully saturated rings. The van der Waals surface area contributed by atoms with E-state index in [1.54, 1.807) is 58.0 Å².